The lowest BCUT2D eigenvalue weighted by atomic mass is 9.95. The summed E-state index contributed by atoms with van der Waals surface area (Å²) < 4.78 is 5.28. The van der Waals surface area contributed by atoms with Crippen molar-refractivity contribution in [1.29, 1.82) is 0 Å². The molecule has 1 aromatic carbocycles. The Balaban J connectivity index is 1.35. The van der Waals surface area contributed by atoms with Crippen LogP contribution in [0, 0.1) is 0 Å². The summed E-state index contributed by atoms with van der Waals surface area (Å²) in [5.74, 6) is -0.332. The molecule has 1 N–H and O–H groups in total. The highest BCUT2D eigenvalue weighted by Crippen LogP contribution is 2.41. The molecular weight excluding hydrogens is 376 g/mol. The number of piperidine rings is 1. The molecule has 0 spiro atoms. The summed E-state index contributed by atoms with van der Waals surface area (Å²) in [5.41, 5.74) is 4.41. The summed E-state index contributed by atoms with van der Waals surface area (Å²) in [4.78, 5) is 24.2. The van der Waals surface area contributed by atoms with Gasteiger partial charge in [-0.15, -0.1) is 0 Å². The van der Waals surface area contributed by atoms with Gasteiger partial charge in [0.2, 0.25) is 0 Å². The molecule has 2 fully saturated rings. The molecule has 2 saturated heterocycles. The van der Waals surface area contributed by atoms with Gasteiger partial charge < -0.3 is 10.1 Å². The molecule has 0 radical (unpaired) electrons. The fourth-order valence-electron chi connectivity index (χ4n) is 5.21. The number of aromatic nitrogens is 1. The van der Waals surface area contributed by atoms with Crippen molar-refractivity contribution in [2.24, 2.45) is 4.99 Å². The molecule has 3 atom stereocenters. The maximum Gasteiger partial charge on any atom is 0.341 e. The molecule has 1 unspecified atom stereocenters. The number of ether oxygens (including phenoxy) is 1. The van der Waals surface area contributed by atoms with Gasteiger partial charge in [-0.2, -0.15) is 0 Å². The number of fused-ring (bicyclic) bond motifs is 3. The standard InChI is InChI=1S/C24H28N4O2/c1-2-30-24(29)20-14-26-21-10-11-25-23(21)22(20)27-17-12-18-8-9-19(13-17)28(18)15-16-6-4-3-5-7-16/h3-7,11,14,17-19H,2,8-10,12-13,15H2,1H3,(H,26,27)/t17?,18-,19+. The molecule has 0 amide bonds. The van der Waals surface area contributed by atoms with Gasteiger partial charge in [0.15, 0.2) is 0 Å². The van der Waals surface area contributed by atoms with E-state index in [-0.39, 0.29) is 5.97 Å². The van der Waals surface area contributed by atoms with E-state index in [0.717, 1.165) is 36.5 Å². The van der Waals surface area contributed by atoms with Gasteiger partial charge in [0.05, 0.1) is 18.0 Å². The highest BCUT2D eigenvalue weighted by Gasteiger charge is 2.41. The Morgan fingerprint density at radius 2 is 1.97 bits per heavy atom. The Morgan fingerprint density at radius 3 is 2.70 bits per heavy atom. The van der Waals surface area contributed by atoms with Crippen molar-refractivity contribution in [3.05, 3.63) is 53.3 Å². The lowest BCUT2D eigenvalue weighted by Gasteiger charge is -2.40. The van der Waals surface area contributed by atoms with E-state index in [1.807, 2.05) is 13.1 Å². The van der Waals surface area contributed by atoms with Crippen LogP contribution in [0.1, 0.15) is 54.2 Å². The number of hydrogen-bond acceptors (Lipinski definition) is 6. The summed E-state index contributed by atoms with van der Waals surface area (Å²) in [6.45, 7) is 3.19. The van der Waals surface area contributed by atoms with E-state index >= 15 is 0 Å². The molecule has 6 nitrogen and oxygen atoms in total. The van der Waals surface area contributed by atoms with E-state index in [0.29, 0.717) is 36.7 Å². The Morgan fingerprint density at radius 1 is 1.20 bits per heavy atom. The average molecular weight is 405 g/mol. The molecule has 0 aliphatic carbocycles. The molecule has 3 aliphatic rings. The predicted molar refractivity (Wildman–Crippen MR) is 117 cm³/mol. The van der Waals surface area contributed by atoms with Crippen molar-refractivity contribution in [3.8, 4) is 0 Å². The summed E-state index contributed by atoms with van der Waals surface area (Å²) in [6.07, 6.45) is 8.86. The van der Waals surface area contributed by atoms with Gasteiger partial charge >= 0.3 is 5.97 Å². The quantitative estimate of drug-likeness (QED) is 0.734. The van der Waals surface area contributed by atoms with E-state index in [1.165, 1.54) is 18.4 Å². The van der Waals surface area contributed by atoms with E-state index in [4.69, 9.17) is 4.74 Å². The second-order valence-corrected chi connectivity index (χ2v) is 8.43. The average Bonchev–Trinajstić information content (AvgIpc) is 3.31. The van der Waals surface area contributed by atoms with Crippen LogP contribution in [0.25, 0.3) is 0 Å². The first kappa shape index (κ1) is 19.2. The fraction of sp³-hybridized carbons (Fsp3) is 0.458. The lowest BCUT2D eigenvalue weighted by Crippen LogP contribution is -2.46. The van der Waals surface area contributed by atoms with Gasteiger partial charge in [0.25, 0.3) is 0 Å². The third kappa shape index (κ3) is 3.60. The van der Waals surface area contributed by atoms with E-state index in [1.54, 1.807) is 6.20 Å². The molecule has 1 aromatic heterocycles. The van der Waals surface area contributed by atoms with Crippen LogP contribution in [0.2, 0.25) is 0 Å². The first-order valence-electron chi connectivity index (χ1n) is 11.0. The first-order chi connectivity index (χ1) is 14.7. The molecular formula is C24H28N4O2. The number of carbonyl (C=O) groups is 1. The number of benzene rings is 1. The maximum absolute atomic E-state index is 12.5. The van der Waals surface area contributed by atoms with E-state index < -0.39 is 0 Å². The van der Waals surface area contributed by atoms with Gasteiger partial charge in [-0.25, -0.2) is 4.79 Å². The van der Waals surface area contributed by atoms with Crippen LogP contribution in [0.5, 0.6) is 0 Å². The highest BCUT2D eigenvalue weighted by atomic mass is 16.5. The number of pyridine rings is 1. The fourth-order valence-corrected chi connectivity index (χ4v) is 5.21. The molecule has 2 aromatic rings. The second-order valence-electron chi connectivity index (χ2n) is 8.43. The zero-order valence-corrected chi connectivity index (χ0v) is 17.4. The van der Waals surface area contributed by atoms with Crippen molar-refractivity contribution in [2.45, 2.75) is 63.7 Å². The minimum absolute atomic E-state index is 0.324. The van der Waals surface area contributed by atoms with Crippen molar-refractivity contribution < 1.29 is 9.53 Å². The minimum atomic E-state index is -0.332. The van der Waals surface area contributed by atoms with Crippen LogP contribution in [-0.4, -0.2) is 46.8 Å². The number of nitrogens with one attached hydrogen (secondary N) is 1. The van der Waals surface area contributed by atoms with Crippen LogP contribution in [0.3, 0.4) is 0 Å². The van der Waals surface area contributed by atoms with Crippen LogP contribution in [0.15, 0.2) is 41.5 Å². The monoisotopic (exact) mass is 404 g/mol. The molecule has 4 heterocycles. The first-order valence-corrected chi connectivity index (χ1v) is 11.0. The number of hydrogen-bond donors (Lipinski definition) is 1. The van der Waals surface area contributed by atoms with Crippen molar-refractivity contribution in [3.63, 3.8) is 0 Å². The topological polar surface area (TPSA) is 66.8 Å². The predicted octanol–water partition coefficient (Wildman–Crippen LogP) is 4.12. The summed E-state index contributed by atoms with van der Waals surface area (Å²) in [6, 6.07) is 12.2. The summed E-state index contributed by atoms with van der Waals surface area (Å²) in [7, 11) is 0. The van der Waals surface area contributed by atoms with Crippen molar-refractivity contribution >= 4 is 23.6 Å². The normalized spacial score (nSPS) is 24.6. The second kappa shape index (κ2) is 8.19. The number of rotatable bonds is 6. The largest absolute Gasteiger partial charge is 0.462 e. The van der Waals surface area contributed by atoms with Crippen LogP contribution in [-0.2, 0) is 17.7 Å². The number of anilines is 1. The number of aliphatic imine (C=N–C) groups is 1. The van der Waals surface area contributed by atoms with Crippen molar-refractivity contribution in [1.82, 2.24) is 9.88 Å². The lowest BCUT2D eigenvalue weighted by molar-refractivity contribution is 0.0527. The van der Waals surface area contributed by atoms with Gasteiger partial charge in [-0.3, -0.25) is 14.9 Å². The highest BCUT2D eigenvalue weighted by molar-refractivity contribution is 6.00. The Kier molecular flexibility index (Phi) is 5.25. The molecule has 0 saturated carbocycles. The Bertz CT molecular complexity index is 945. The Hall–Kier alpha value is -2.73. The number of nitrogens with zero attached hydrogens (tertiary/aromatic N) is 3. The smallest absolute Gasteiger partial charge is 0.341 e. The number of esters is 1. The summed E-state index contributed by atoms with van der Waals surface area (Å²) >= 11 is 0. The zero-order chi connectivity index (χ0) is 20.5. The van der Waals surface area contributed by atoms with Gasteiger partial charge in [-0.05, 0) is 38.2 Å². The Labute approximate surface area is 177 Å². The molecule has 5 rings (SSSR count). The molecule has 3 aliphatic heterocycles. The SMILES string of the molecule is CCOC(=O)c1cnc2c(c1NC1C[C@H]3CC[C@@H](C1)N3Cc1ccccc1)N=CC2. The van der Waals surface area contributed by atoms with E-state index in [2.05, 4.69) is 50.5 Å². The third-order valence-electron chi connectivity index (χ3n) is 6.57. The van der Waals surface area contributed by atoms with Crippen molar-refractivity contribution in [2.75, 3.05) is 11.9 Å². The van der Waals surface area contributed by atoms with Gasteiger partial charge in [0.1, 0.15) is 11.3 Å². The van der Waals surface area contributed by atoms with E-state index in [9.17, 15) is 4.79 Å². The van der Waals surface area contributed by atoms with Gasteiger partial charge in [0, 0.05) is 43.5 Å². The summed E-state index contributed by atoms with van der Waals surface area (Å²) in [5, 5.41) is 3.69. The minimum Gasteiger partial charge on any atom is -0.462 e. The van der Waals surface area contributed by atoms with Crippen LogP contribution >= 0.6 is 0 Å². The van der Waals surface area contributed by atoms with Crippen LogP contribution < -0.4 is 5.32 Å². The molecule has 6 heteroatoms. The van der Waals surface area contributed by atoms with Gasteiger partial charge in [-0.1, -0.05) is 30.3 Å². The molecule has 2 bridgehead atoms. The van der Waals surface area contributed by atoms with Crippen LogP contribution in [0.4, 0.5) is 11.4 Å². The molecule has 156 valence electrons. The maximum atomic E-state index is 12.5. The number of carbonyl (C=O) groups excluding carboxylic acids is 1. The molecule has 30 heavy (non-hydrogen) atoms. The third-order valence-corrected chi connectivity index (χ3v) is 6.57. The zero-order valence-electron chi connectivity index (χ0n) is 17.4.